The van der Waals surface area contributed by atoms with Crippen LogP contribution < -0.4 is 14.2 Å². The molecule has 0 bridgehead atoms. The van der Waals surface area contributed by atoms with E-state index in [0.29, 0.717) is 40.8 Å². The second-order valence-corrected chi connectivity index (χ2v) is 8.22. The van der Waals surface area contributed by atoms with Crippen molar-refractivity contribution in [2.45, 2.75) is 39.5 Å². The Balaban J connectivity index is 2.06. The summed E-state index contributed by atoms with van der Waals surface area (Å²) in [6, 6.07) is 12.0. The highest BCUT2D eigenvalue weighted by Gasteiger charge is 2.30. The predicted molar refractivity (Wildman–Crippen MR) is 128 cm³/mol. The summed E-state index contributed by atoms with van der Waals surface area (Å²) >= 11 is 0. The molecule has 0 saturated carbocycles. The summed E-state index contributed by atoms with van der Waals surface area (Å²) in [6.07, 6.45) is 0. The van der Waals surface area contributed by atoms with Crippen molar-refractivity contribution in [2.75, 3.05) is 27.9 Å². The van der Waals surface area contributed by atoms with Crippen molar-refractivity contribution in [3.8, 4) is 28.5 Å². The van der Waals surface area contributed by atoms with Crippen LogP contribution in [-0.4, -0.2) is 49.3 Å². The van der Waals surface area contributed by atoms with Crippen molar-refractivity contribution in [1.82, 2.24) is 9.78 Å². The minimum absolute atomic E-state index is 0.0405. The molecule has 0 radical (unpaired) electrons. The van der Waals surface area contributed by atoms with Crippen LogP contribution >= 0.6 is 0 Å². The fraction of sp³-hybridized carbons (Fsp3) is 0.385. The quantitative estimate of drug-likeness (QED) is 0.366. The monoisotopic (exact) mass is 486 g/mol. The van der Waals surface area contributed by atoms with E-state index in [1.165, 1.54) is 13.2 Å². The Hall–Kier alpha value is -3.59. The third-order valence-corrected chi connectivity index (χ3v) is 5.42. The lowest BCUT2D eigenvalue weighted by atomic mass is 10.1. The van der Waals surface area contributed by atoms with E-state index in [0.717, 1.165) is 5.56 Å². The molecule has 0 amide bonds. The second kappa shape index (κ2) is 11.2. The van der Waals surface area contributed by atoms with Crippen LogP contribution in [0.5, 0.6) is 17.2 Å². The number of carbonyl (C=O) groups excluding carboxylic acids is 1. The van der Waals surface area contributed by atoms with E-state index in [1.54, 1.807) is 50.9 Å². The van der Waals surface area contributed by atoms with Gasteiger partial charge in [0.15, 0.2) is 5.60 Å². The lowest BCUT2D eigenvalue weighted by Crippen LogP contribution is -2.35. The maximum atomic E-state index is 14.8. The van der Waals surface area contributed by atoms with Crippen molar-refractivity contribution in [1.29, 1.82) is 0 Å². The van der Waals surface area contributed by atoms with Crippen molar-refractivity contribution in [3.05, 3.63) is 59.5 Å². The van der Waals surface area contributed by atoms with Crippen LogP contribution in [0.25, 0.3) is 11.3 Å². The second-order valence-electron chi connectivity index (χ2n) is 8.22. The zero-order chi connectivity index (χ0) is 25.6. The Kier molecular flexibility index (Phi) is 8.34. The van der Waals surface area contributed by atoms with Crippen LogP contribution in [0.4, 0.5) is 4.39 Å². The number of hydrogen-bond acceptors (Lipinski definition) is 7. The number of rotatable bonds is 11. The number of benzene rings is 2. The van der Waals surface area contributed by atoms with Crippen molar-refractivity contribution in [3.63, 3.8) is 0 Å². The van der Waals surface area contributed by atoms with Gasteiger partial charge in [-0.25, -0.2) is 9.18 Å². The van der Waals surface area contributed by atoms with Crippen LogP contribution in [0, 0.1) is 5.82 Å². The molecule has 3 rings (SSSR count). The fourth-order valence-corrected chi connectivity index (χ4v) is 3.54. The highest BCUT2D eigenvalue weighted by Crippen LogP contribution is 2.32. The Labute approximate surface area is 204 Å². The topological polar surface area (TPSA) is 81.0 Å². The summed E-state index contributed by atoms with van der Waals surface area (Å²) < 4.78 is 43.6. The van der Waals surface area contributed by atoms with Crippen LogP contribution in [-0.2, 0) is 27.4 Å². The maximum Gasteiger partial charge on any atom is 0.337 e. The van der Waals surface area contributed by atoms with Crippen molar-refractivity contribution in [2.24, 2.45) is 0 Å². The molecule has 8 nitrogen and oxygen atoms in total. The van der Waals surface area contributed by atoms with Gasteiger partial charge in [0.05, 0.1) is 58.0 Å². The van der Waals surface area contributed by atoms with E-state index in [1.807, 2.05) is 25.1 Å². The summed E-state index contributed by atoms with van der Waals surface area (Å²) in [5, 5.41) is 4.66. The molecular formula is C26H31FN2O6. The lowest BCUT2D eigenvalue weighted by Gasteiger charge is -2.21. The maximum absolute atomic E-state index is 14.8. The Morgan fingerprint density at radius 2 is 1.74 bits per heavy atom. The smallest absolute Gasteiger partial charge is 0.337 e. The molecule has 0 saturated heterocycles. The zero-order valence-corrected chi connectivity index (χ0v) is 20.9. The normalized spacial score (nSPS) is 11.3. The van der Waals surface area contributed by atoms with Crippen LogP contribution in [0.2, 0.25) is 0 Å². The third-order valence-electron chi connectivity index (χ3n) is 5.42. The summed E-state index contributed by atoms with van der Waals surface area (Å²) in [4.78, 5) is 12.0. The van der Waals surface area contributed by atoms with Gasteiger partial charge in [-0.2, -0.15) is 5.10 Å². The standard InChI is InChI=1S/C26H31FN2O6/c1-7-34-24-10-8-9-22(27)21(24)15-29-23(17-11-19(31-4)14-20(12-17)32-5)13-18(28-29)16-35-26(2,3)25(30)33-6/h8-14H,7,15-16H2,1-6H3. The highest BCUT2D eigenvalue weighted by molar-refractivity contribution is 5.78. The molecule has 1 aromatic heterocycles. The Morgan fingerprint density at radius 1 is 1.06 bits per heavy atom. The molecule has 9 heteroatoms. The number of aromatic nitrogens is 2. The van der Waals surface area contributed by atoms with Gasteiger partial charge >= 0.3 is 5.97 Å². The number of ether oxygens (including phenoxy) is 5. The van der Waals surface area contributed by atoms with Gasteiger partial charge in [0.2, 0.25) is 0 Å². The molecule has 0 unspecified atom stereocenters. The van der Waals surface area contributed by atoms with Gasteiger partial charge in [0.1, 0.15) is 23.1 Å². The summed E-state index contributed by atoms with van der Waals surface area (Å²) in [7, 11) is 4.44. The average Bonchev–Trinajstić information content (AvgIpc) is 3.27. The molecule has 0 fully saturated rings. The van der Waals surface area contributed by atoms with Gasteiger partial charge < -0.3 is 23.7 Å². The number of methoxy groups -OCH3 is 3. The third kappa shape index (κ3) is 6.10. The molecule has 35 heavy (non-hydrogen) atoms. The van der Waals surface area contributed by atoms with E-state index in [2.05, 4.69) is 5.10 Å². The first kappa shape index (κ1) is 26.0. The number of carbonyl (C=O) groups is 1. The summed E-state index contributed by atoms with van der Waals surface area (Å²) in [5.74, 6) is 0.740. The Morgan fingerprint density at radius 3 is 2.34 bits per heavy atom. The molecular weight excluding hydrogens is 455 g/mol. The van der Waals surface area contributed by atoms with E-state index in [4.69, 9.17) is 23.7 Å². The van der Waals surface area contributed by atoms with Gasteiger partial charge in [-0.1, -0.05) is 6.07 Å². The first-order chi connectivity index (χ1) is 16.7. The molecule has 1 heterocycles. The number of esters is 1. The molecule has 3 aromatic rings. The summed E-state index contributed by atoms with van der Waals surface area (Å²) in [5.41, 5.74) is 1.19. The van der Waals surface area contributed by atoms with Crippen LogP contribution in [0.3, 0.4) is 0 Å². The van der Waals surface area contributed by atoms with E-state index in [9.17, 15) is 9.18 Å². The molecule has 0 aliphatic rings. The van der Waals surface area contributed by atoms with Gasteiger partial charge in [-0.05, 0) is 51.1 Å². The summed E-state index contributed by atoms with van der Waals surface area (Å²) in [6.45, 7) is 5.64. The zero-order valence-electron chi connectivity index (χ0n) is 20.9. The van der Waals surface area contributed by atoms with Crippen LogP contribution in [0.1, 0.15) is 32.0 Å². The lowest BCUT2D eigenvalue weighted by molar-refractivity contribution is -0.166. The SMILES string of the molecule is CCOc1cccc(F)c1Cn1nc(COC(C)(C)C(=O)OC)cc1-c1cc(OC)cc(OC)c1. The molecule has 2 aromatic carbocycles. The van der Waals surface area contributed by atoms with Gasteiger partial charge in [0, 0.05) is 11.6 Å². The van der Waals surface area contributed by atoms with Crippen molar-refractivity contribution < 1.29 is 32.9 Å². The highest BCUT2D eigenvalue weighted by atomic mass is 19.1. The van der Waals surface area contributed by atoms with Gasteiger partial charge in [-0.15, -0.1) is 0 Å². The number of halogens is 1. The van der Waals surface area contributed by atoms with Gasteiger partial charge in [0.25, 0.3) is 0 Å². The van der Waals surface area contributed by atoms with E-state index < -0.39 is 17.4 Å². The predicted octanol–water partition coefficient (Wildman–Crippen LogP) is 4.62. The molecule has 0 atom stereocenters. The molecule has 0 spiro atoms. The minimum Gasteiger partial charge on any atom is -0.497 e. The first-order valence-corrected chi connectivity index (χ1v) is 11.1. The molecule has 188 valence electrons. The van der Waals surface area contributed by atoms with E-state index in [-0.39, 0.29) is 13.2 Å². The minimum atomic E-state index is -1.16. The Bertz CT molecular complexity index is 1150. The van der Waals surface area contributed by atoms with E-state index >= 15 is 0 Å². The van der Waals surface area contributed by atoms with Crippen molar-refractivity contribution >= 4 is 5.97 Å². The largest absolute Gasteiger partial charge is 0.497 e. The average molecular weight is 487 g/mol. The number of nitrogens with zero attached hydrogens (tertiary/aromatic N) is 2. The first-order valence-electron chi connectivity index (χ1n) is 11.1. The van der Waals surface area contributed by atoms with Gasteiger partial charge in [-0.3, -0.25) is 4.68 Å². The fourth-order valence-electron chi connectivity index (χ4n) is 3.54. The number of hydrogen-bond donors (Lipinski definition) is 0. The molecule has 0 N–H and O–H groups in total. The molecule has 0 aliphatic carbocycles. The van der Waals surface area contributed by atoms with Crippen LogP contribution in [0.15, 0.2) is 42.5 Å². The molecule has 0 aliphatic heterocycles.